The molecule has 5 nitrogen and oxygen atoms in total. The summed E-state index contributed by atoms with van der Waals surface area (Å²) in [5.74, 6) is 0.753. The van der Waals surface area contributed by atoms with Crippen LogP contribution in [0.2, 0.25) is 0 Å². The van der Waals surface area contributed by atoms with Crippen LogP contribution in [0.3, 0.4) is 0 Å². The standard InChI is InChI=1S/C40H23N3O2/c1-2-8-24(9-3-1)33-22-41-23-40(42-33)43-34-17-15-25(26-14-16-29-27-10-4-6-12-36(27)44-38(29)19-26)18-30(34)31-20-32-28-11-5-7-13-37(28)45-39(32)21-35(31)43/h1-23H. The van der Waals surface area contributed by atoms with Gasteiger partial charge in [0.2, 0.25) is 0 Å². The fourth-order valence-corrected chi connectivity index (χ4v) is 6.78. The highest BCUT2D eigenvalue weighted by molar-refractivity contribution is 6.18. The molecule has 0 saturated carbocycles. The molecular formula is C40H23N3O2. The van der Waals surface area contributed by atoms with Gasteiger partial charge in [0.15, 0.2) is 5.82 Å². The third-order valence-electron chi connectivity index (χ3n) is 8.90. The van der Waals surface area contributed by atoms with Gasteiger partial charge in [-0.05, 0) is 53.6 Å². The lowest BCUT2D eigenvalue weighted by Gasteiger charge is -2.09. The number of rotatable bonds is 3. The van der Waals surface area contributed by atoms with E-state index in [1.165, 1.54) is 0 Å². The van der Waals surface area contributed by atoms with Gasteiger partial charge in [-0.3, -0.25) is 9.55 Å². The Morgan fingerprint density at radius 3 is 1.89 bits per heavy atom. The lowest BCUT2D eigenvalue weighted by molar-refractivity contribution is 0.669. The predicted molar refractivity (Wildman–Crippen MR) is 182 cm³/mol. The zero-order valence-electron chi connectivity index (χ0n) is 23.9. The summed E-state index contributed by atoms with van der Waals surface area (Å²) >= 11 is 0. The molecule has 4 aromatic heterocycles. The molecule has 10 aromatic rings. The van der Waals surface area contributed by atoms with E-state index in [9.17, 15) is 0 Å². The maximum atomic E-state index is 6.34. The van der Waals surface area contributed by atoms with Gasteiger partial charge in [-0.2, -0.15) is 0 Å². The highest BCUT2D eigenvalue weighted by atomic mass is 16.3. The van der Waals surface area contributed by atoms with Crippen molar-refractivity contribution in [3.05, 3.63) is 140 Å². The number of hydrogen-bond donors (Lipinski definition) is 0. The first-order valence-electron chi connectivity index (χ1n) is 15.0. The van der Waals surface area contributed by atoms with Crippen molar-refractivity contribution in [3.8, 4) is 28.2 Å². The first kappa shape index (κ1) is 24.3. The number of nitrogens with zero attached hydrogens (tertiary/aromatic N) is 3. The van der Waals surface area contributed by atoms with Gasteiger partial charge in [0.05, 0.1) is 29.1 Å². The van der Waals surface area contributed by atoms with Gasteiger partial charge in [-0.15, -0.1) is 0 Å². The molecule has 0 bridgehead atoms. The molecule has 0 aliphatic carbocycles. The number of fused-ring (bicyclic) bond motifs is 9. The largest absolute Gasteiger partial charge is 0.456 e. The fraction of sp³-hybridized carbons (Fsp3) is 0. The molecule has 0 radical (unpaired) electrons. The number of furan rings is 2. The van der Waals surface area contributed by atoms with Crippen molar-refractivity contribution in [3.63, 3.8) is 0 Å². The van der Waals surface area contributed by atoms with E-state index in [2.05, 4.69) is 94.5 Å². The van der Waals surface area contributed by atoms with Gasteiger partial charge >= 0.3 is 0 Å². The molecule has 4 heterocycles. The summed E-state index contributed by atoms with van der Waals surface area (Å²) in [4.78, 5) is 9.72. The Bertz CT molecular complexity index is 2770. The maximum Gasteiger partial charge on any atom is 0.156 e. The van der Waals surface area contributed by atoms with Gasteiger partial charge in [0.1, 0.15) is 22.3 Å². The maximum absolute atomic E-state index is 6.34. The van der Waals surface area contributed by atoms with E-state index in [-0.39, 0.29) is 0 Å². The molecule has 45 heavy (non-hydrogen) atoms. The van der Waals surface area contributed by atoms with Crippen LogP contribution in [0.4, 0.5) is 0 Å². The smallest absolute Gasteiger partial charge is 0.156 e. The third kappa shape index (κ3) is 3.61. The predicted octanol–water partition coefficient (Wildman–Crippen LogP) is 10.7. The second kappa shape index (κ2) is 9.15. The molecular weight excluding hydrogens is 554 g/mol. The van der Waals surface area contributed by atoms with Crippen LogP contribution in [0, 0.1) is 0 Å². The Hall–Kier alpha value is -6.20. The molecule has 0 N–H and O–H groups in total. The number of hydrogen-bond acceptors (Lipinski definition) is 4. The van der Waals surface area contributed by atoms with Gasteiger partial charge in [-0.25, -0.2) is 4.98 Å². The molecule has 6 aromatic carbocycles. The molecule has 0 aliphatic heterocycles. The van der Waals surface area contributed by atoms with Gasteiger partial charge in [-0.1, -0.05) is 78.9 Å². The Balaban J connectivity index is 1.24. The van der Waals surface area contributed by atoms with Crippen LogP contribution in [0.15, 0.2) is 149 Å². The van der Waals surface area contributed by atoms with E-state index in [4.69, 9.17) is 13.8 Å². The average Bonchev–Trinajstić information content (AvgIpc) is 3.76. The summed E-state index contributed by atoms with van der Waals surface area (Å²) in [5, 5.41) is 6.71. The second-order valence-corrected chi connectivity index (χ2v) is 11.5. The van der Waals surface area contributed by atoms with Crippen LogP contribution >= 0.6 is 0 Å². The van der Waals surface area contributed by atoms with E-state index in [1.54, 1.807) is 0 Å². The molecule has 5 heteroatoms. The summed E-state index contributed by atoms with van der Waals surface area (Å²) in [6, 6.07) is 44.1. The van der Waals surface area contributed by atoms with Crippen LogP contribution in [-0.2, 0) is 0 Å². The summed E-state index contributed by atoms with van der Waals surface area (Å²) in [6.45, 7) is 0. The third-order valence-corrected chi connectivity index (χ3v) is 8.90. The van der Waals surface area contributed by atoms with Gasteiger partial charge in [0, 0.05) is 43.9 Å². The minimum Gasteiger partial charge on any atom is -0.456 e. The summed E-state index contributed by atoms with van der Waals surface area (Å²) in [5.41, 5.74) is 9.64. The van der Waals surface area contributed by atoms with Crippen molar-refractivity contribution in [2.45, 2.75) is 0 Å². The van der Waals surface area contributed by atoms with Gasteiger partial charge < -0.3 is 8.83 Å². The van der Waals surface area contributed by atoms with Crippen LogP contribution in [0.5, 0.6) is 0 Å². The number of para-hydroxylation sites is 2. The van der Waals surface area contributed by atoms with Crippen molar-refractivity contribution in [1.82, 2.24) is 14.5 Å². The molecule has 0 saturated heterocycles. The Labute approximate surface area is 256 Å². The SMILES string of the molecule is c1ccc(-c2cncc(-n3c4ccc(-c5ccc6c(c5)oc5ccccc56)cc4c4cc5c(cc43)oc3ccccc35)n2)cc1. The van der Waals surface area contributed by atoms with Gasteiger partial charge in [0.25, 0.3) is 0 Å². The Morgan fingerprint density at radius 1 is 0.422 bits per heavy atom. The number of benzene rings is 6. The average molecular weight is 578 g/mol. The van der Waals surface area contributed by atoms with Crippen molar-refractivity contribution >= 4 is 65.7 Å². The Kier molecular flexibility index (Phi) is 4.93. The van der Waals surface area contributed by atoms with Crippen LogP contribution in [-0.4, -0.2) is 14.5 Å². The van der Waals surface area contributed by atoms with E-state index >= 15 is 0 Å². The van der Waals surface area contributed by atoms with Crippen LogP contribution in [0.25, 0.3) is 93.9 Å². The summed E-state index contributed by atoms with van der Waals surface area (Å²) < 4.78 is 14.8. The molecule has 0 fully saturated rings. The monoisotopic (exact) mass is 577 g/mol. The minimum absolute atomic E-state index is 0.753. The summed E-state index contributed by atoms with van der Waals surface area (Å²) in [7, 11) is 0. The van der Waals surface area contributed by atoms with Crippen molar-refractivity contribution in [2.24, 2.45) is 0 Å². The molecule has 0 amide bonds. The van der Waals surface area contributed by atoms with Crippen molar-refractivity contribution in [1.29, 1.82) is 0 Å². The molecule has 0 atom stereocenters. The lowest BCUT2D eigenvalue weighted by atomic mass is 10.0. The fourth-order valence-electron chi connectivity index (χ4n) is 6.78. The summed E-state index contributed by atoms with van der Waals surface area (Å²) in [6.07, 6.45) is 3.65. The quantitative estimate of drug-likeness (QED) is 0.210. The molecule has 210 valence electrons. The van der Waals surface area contributed by atoms with Crippen molar-refractivity contribution in [2.75, 3.05) is 0 Å². The lowest BCUT2D eigenvalue weighted by Crippen LogP contribution is -1.99. The Morgan fingerprint density at radius 2 is 1.07 bits per heavy atom. The van der Waals surface area contributed by atoms with E-state index in [0.717, 1.165) is 93.9 Å². The first-order chi connectivity index (χ1) is 22.3. The first-order valence-corrected chi connectivity index (χ1v) is 15.0. The second-order valence-electron chi connectivity index (χ2n) is 11.5. The topological polar surface area (TPSA) is 57.0 Å². The molecule has 0 unspecified atom stereocenters. The zero-order chi connectivity index (χ0) is 29.5. The molecule has 0 spiro atoms. The highest BCUT2D eigenvalue weighted by Crippen LogP contribution is 2.40. The van der Waals surface area contributed by atoms with Crippen LogP contribution in [0.1, 0.15) is 0 Å². The highest BCUT2D eigenvalue weighted by Gasteiger charge is 2.19. The van der Waals surface area contributed by atoms with Crippen molar-refractivity contribution < 1.29 is 8.83 Å². The van der Waals surface area contributed by atoms with E-state index in [1.807, 2.05) is 54.9 Å². The molecule has 0 aliphatic rings. The van der Waals surface area contributed by atoms with E-state index < -0.39 is 0 Å². The molecule has 10 rings (SSSR count). The zero-order valence-corrected chi connectivity index (χ0v) is 23.9. The van der Waals surface area contributed by atoms with Crippen LogP contribution < -0.4 is 0 Å². The normalized spacial score (nSPS) is 12.0. The van der Waals surface area contributed by atoms with E-state index in [0.29, 0.717) is 0 Å². The number of aromatic nitrogens is 3. The minimum atomic E-state index is 0.753.